The Morgan fingerprint density at radius 2 is 1.82 bits per heavy atom. The highest BCUT2D eigenvalue weighted by Gasteiger charge is 2.16. The second-order valence-electron chi connectivity index (χ2n) is 8.08. The van der Waals surface area contributed by atoms with Crippen molar-refractivity contribution < 1.29 is 9.53 Å². The fourth-order valence-corrected chi connectivity index (χ4v) is 3.11. The molecule has 0 aliphatic heterocycles. The SMILES string of the molecule is CCc1cc(N)ccc1CCCCCc1cccc(NC(=O)OC(C)(C)C)n1. The Kier molecular flexibility index (Phi) is 7.85. The van der Waals surface area contributed by atoms with E-state index >= 15 is 0 Å². The smallest absolute Gasteiger partial charge is 0.413 e. The molecule has 0 unspecified atom stereocenters. The number of nitrogens with one attached hydrogen (secondary N) is 1. The third-order valence-electron chi connectivity index (χ3n) is 4.43. The topological polar surface area (TPSA) is 77.2 Å². The number of rotatable bonds is 8. The first-order valence-electron chi connectivity index (χ1n) is 10.1. The lowest BCUT2D eigenvalue weighted by molar-refractivity contribution is 0.0635. The van der Waals surface area contributed by atoms with Crippen LogP contribution in [0.5, 0.6) is 0 Å². The quantitative estimate of drug-likeness (QED) is 0.464. The van der Waals surface area contributed by atoms with E-state index < -0.39 is 11.7 Å². The van der Waals surface area contributed by atoms with Crippen molar-refractivity contribution in [1.29, 1.82) is 0 Å². The van der Waals surface area contributed by atoms with Crippen LogP contribution in [0.1, 0.15) is 63.8 Å². The highest BCUT2D eigenvalue weighted by molar-refractivity contribution is 5.83. The van der Waals surface area contributed by atoms with Crippen molar-refractivity contribution in [3.05, 3.63) is 53.2 Å². The van der Waals surface area contributed by atoms with Crippen LogP contribution < -0.4 is 11.1 Å². The second-order valence-corrected chi connectivity index (χ2v) is 8.08. The summed E-state index contributed by atoms with van der Waals surface area (Å²) in [5.41, 5.74) is 9.92. The summed E-state index contributed by atoms with van der Waals surface area (Å²) in [7, 11) is 0. The van der Waals surface area contributed by atoms with Gasteiger partial charge in [0.05, 0.1) is 0 Å². The fourth-order valence-electron chi connectivity index (χ4n) is 3.11. The molecule has 1 heterocycles. The van der Waals surface area contributed by atoms with Crippen molar-refractivity contribution >= 4 is 17.6 Å². The Bertz CT molecular complexity index is 782. The molecule has 0 fully saturated rings. The van der Waals surface area contributed by atoms with Crippen LogP contribution in [0.15, 0.2) is 36.4 Å². The van der Waals surface area contributed by atoms with Crippen molar-refractivity contribution in [1.82, 2.24) is 4.98 Å². The third-order valence-corrected chi connectivity index (χ3v) is 4.43. The standard InChI is InChI=1S/C23H33N3O2/c1-5-17-16-19(24)15-14-18(17)10-7-6-8-11-20-12-9-13-21(25-20)26-22(27)28-23(2,3)4/h9,12-16H,5-8,10-11,24H2,1-4H3,(H,25,26,27). The molecule has 2 rings (SSSR count). The molecule has 28 heavy (non-hydrogen) atoms. The largest absolute Gasteiger partial charge is 0.444 e. The lowest BCUT2D eigenvalue weighted by Crippen LogP contribution is -2.27. The highest BCUT2D eigenvalue weighted by atomic mass is 16.6. The number of aryl methyl sites for hydroxylation is 3. The number of carbonyl (C=O) groups excluding carboxylic acids is 1. The van der Waals surface area contributed by atoms with Gasteiger partial charge in [-0.05, 0) is 88.3 Å². The van der Waals surface area contributed by atoms with E-state index in [2.05, 4.69) is 29.4 Å². The number of benzene rings is 1. The number of ether oxygens (including phenoxy) is 1. The van der Waals surface area contributed by atoms with Crippen molar-refractivity contribution in [3.8, 4) is 0 Å². The van der Waals surface area contributed by atoms with Gasteiger partial charge in [0.2, 0.25) is 0 Å². The van der Waals surface area contributed by atoms with Gasteiger partial charge in [0.1, 0.15) is 11.4 Å². The number of aromatic nitrogens is 1. The predicted molar refractivity (Wildman–Crippen MR) is 116 cm³/mol. The van der Waals surface area contributed by atoms with Gasteiger partial charge in [-0.1, -0.05) is 25.5 Å². The van der Waals surface area contributed by atoms with Crippen LogP contribution in [0.25, 0.3) is 0 Å². The first-order chi connectivity index (χ1) is 13.3. The summed E-state index contributed by atoms with van der Waals surface area (Å²) in [6.45, 7) is 7.68. The summed E-state index contributed by atoms with van der Waals surface area (Å²) >= 11 is 0. The summed E-state index contributed by atoms with van der Waals surface area (Å²) in [5, 5.41) is 2.70. The number of unbranched alkanes of at least 4 members (excludes halogenated alkanes) is 2. The molecule has 5 heteroatoms. The van der Waals surface area contributed by atoms with Crippen molar-refractivity contribution in [2.24, 2.45) is 0 Å². The molecule has 1 aromatic heterocycles. The van der Waals surface area contributed by atoms with Crippen LogP contribution in [0.2, 0.25) is 0 Å². The summed E-state index contributed by atoms with van der Waals surface area (Å²) in [4.78, 5) is 16.4. The lowest BCUT2D eigenvalue weighted by atomic mass is 9.98. The summed E-state index contributed by atoms with van der Waals surface area (Å²) in [5.74, 6) is 0.529. The van der Waals surface area contributed by atoms with Gasteiger partial charge in [0.15, 0.2) is 0 Å². The van der Waals surface area contributed by atoms with Gasteiger partial charge in [-0.3, -0.25) is 5.32 Å². The molecule has 3 N–H and O–H groups in total. The van der Waals surface area contributed by atoms with Gasteiger partial charge in [-0.15, -0.1) is 0 Å². The molecule has 0 saturated heterocycles. The van der Waals surface area contributed by atoms with Gasteiger partial charge in [-0.2, -0.15) is 0 Å². The van der Waals surface area contributed by atoms with Gasteiger partial charge in [-0.25, -0.2) is 9.78 Å². The number of anilines is 2. The van der Waals surface area contributed by atoms with E-state index in [4.69, 9.17) is 10.5 Å². The van der Waals surface area contributed by atoms with E-state index in [0.717, 1.165) is 49.9 Å². The van der Waals surface area contributed by atoms with E-state index in [-0.39, 0.29) is 0 Å². The molecule has 2 aromatic rings. The van der Waals surface area contributed by atoms with Crippen LogP contribution in [0, 0.1) is 0 Å². The maximum absolute atomic E-state index is 11.9. The average Bonchev–Trinajstić information content (AvgIpc) is 2.61. The van der Waals surface area contributed by atoms with Crippen LogP contribution in [-0.4, -0.2) is 16.7 Å². The Morgan fingerprint density at radius 3 is 2.54 bits per heavy atom. The number of nitrogen functional groups attached to an aromatic ring is 1. The lowest BCUT2D eigenvalue weighted by Gasteiger charge is -2.19. The molecule has 1 amide bonds. The Balaban J connectivity index is 1.77. The molecule has 0 bridgehead atoms. The van der Waals surface area contributed by atoms with E-state index in [1.807, 2.05) is 39.0 Å². The van der Waals surface area contributed by atoms with E-state index in [1.54, 1.807) is 6.07 Å². The van der Waals surface area contributed by atoms with Gasteiger partial charge in [0, 0.05) is 11.4 Å². The molecule has 0 saturated carbocycles. The zero-order valence-electron chi connectivity index (χ0n) is 17.5. The minimum absolute atomic E-state index is 0.479. The zero-order valence-corrected chi connectivity index (χ0v) is 17.5. The maximum Gasteiger partial charge on any atom is 0.413 e. The first kappa shape index (κ1) is 21.7. The fraction of sp³-hybridized carbons (Fsp3) is 0.478. The number of amides is 1. The monoisotopic (exact) mass is 383 g/mol. The van der Waals surface area contributed by atoms with Crippen LogP contribution in [0.4, 0.5) is 16.3 Å². The van der Waals surface area contributed by atoms with Crippen LogP contribution in [-0.2, 0) is 24.0 Å². The molecule has 0 atom stereocenters. The number of hydrogen-bond donors (Lipinski definition) is 2. The number of pyridine rings is 1. The minimum Gasteiger partial charge on any atom is -0.444 e. The maximum atomic E-state index is 11.9. The molecule has 0 aliphatic rings. The number of nitrogens with two attached hydrogens (primary N) is 1. The minimum atomic E-state index is -0.524. The molecule has 0 spiro atoms. The highest BCUT2D eigenvalue weighted by Crippen LogP contribution is 2.18. The summed E-state index contributed by atoms with van der Waals surface area (Å²) in [6, 6.07) is 11.9. The van der Waals surface area contributed by atoms with Crippen molar-refractivity contribution in [3.63, 3.8) is 0 Å². The number of carbonyl (C=O) groups is 1. The normalized spacial score (nSPS) is 11.3. The van der Waals surface area contributed by atoms with E-state index in [1.165, 1.54) is 11.1 Å². The molecule has 5 nitrogen and oxygen atoms in total. The van der Waals surface area contributed by atoms with Crippen molar-refractivity contribution in [2.75, 3.05) is 11.1 Å². The summed E-state index contributed by atoms with van der Waals surface area (Å²) < 4.78 is 5.26. The average molecular weight is 384 g/mol. The summed E-state index contributed by atoms with van der Waals surface area (Å²) in [6.07, 6.45) is 5.86. The second kappa shape index (κ2) is 10.1. The Labute approximate surface area is 168 Å². The van der Waals surface area contributed by atoms with Gasteiger partial charge >= 0.3 is 6.09 Å². The predicted octanol–water partition coefficient (Wildman–Crippen LogP) is 5.53. The first-order valence-corrected chi connectivity index (χ1v) is 10.1. The molecular formula is C23H33N3O2. The van der Waals surface area contributed by atoms with Gasteiger partial charge in [0.25, 0.3) is 0 Å². The number of nitrogens with zero attached hydrogens (tertiary/aromatic N) is 1. The Hall–Kier alpha value is -2.56. The van der Waals surface area contributed by atoms with Crippen LogP contribution in [0.3, 0.4) is 0 Å². The molecular weight excluding hydrogens is 350 g/mol. The number of hydrogen-bond acceptors (Lipinski definition) is 4. The van der Waals surface area contributed by atoms with Crippen molar-refractivity contribution in [2.45, 2.75) is 71.8 Å². The van der Waals surface area contributed by atoms with Crippen LogP contribution >= 0.6 is 0 Å². The van der Waals surface area contributed by atoms with Gasteiger partial charge < -0.3 is 10.5 Å². The van der Waals surface area contributed by atoms with E-state index in [9.17, 15) is 4.79 Å². The molecule has 152 valence electrons. The zero-order chi connectivity index (χ0) is 20.6. The molecule has 0 aliphatic carbocycles. The van der Waals surface area contributed by atoms with E-state index in [0.29, 0.717) is 5.82 Å². The Morgan fingerprint density at radius 1 is 1.07 bits per heavy atom. The molecule has 1 aromatic carbocycles. The molecule has 0 radical (unpaired) electrons. The third kappa shape index (κ3) is 7.59.